The molecule has 2 aromatic carbocycles. The molecule has 0 bridgehead atoms. The van der Waals surface area contributed by atoms with Crippen molar-refractivity contribution < 1.29 is 27.4 Å². The number of benzene rings is 2. The third-order valence-electron chi connectivity index (χ3n) is 5.49. The number of anilines is 1. The molecule has 11 heteroatoms. The Morgan fingerprint density at radius 1 is 1.19 bits per heavy atom. The van der Waals surface area contributed by atoms with E-state index < -0.39 is 23.6 Å². The average Bonchev–Trinajstić information content (AvgIpc) is 3.30. The van der Waals surface area contributed by atoms with Gasteiger partial charge in [-0.1, -0.05) is 35.1 Å². The van der Waals surface area contributed by atoms with Gasteiger partial charge >= 0.3 is 6.29 Å². The van der Waals surface area contributed by atoms with E-state index in [1.165, 1.54) is 47.9 Å². The van der Waals surface area contributed by atoms with Crippen molar-refractivity contribution >= 4 is 34.0 Å². The van der Waals surface area contributed by atoms with Crippen molar-refractivity contribution in [1.82, 2.24) is 4.98 Å². The molecule has 0 spiro atoms. The Balaban J connectivity index is 1.33. The molecular weight excluding hydrogens is 467 g/mol. The van der Waals surface area contributed by atoms with Crippen molar-refractivity contribution in [2.24, 2.45) is 5.73 Å². The van der Waals surface area contributed by atoms with Crippen LogP contribution in [0.5, 0.6) is 11.5 Å². The van der Waals surface area contributed by atoms with Gasteiger partial charge in [-0.3, -0.25) is 4.79 Å². The molecule has 166 valence electrons. The van der Waals surface area contributed by atoms with E-state index in [1.54, 1.807) is 6.07 Å². The highest BCUT2D eigenvalue weighted by Crippen LogP contribution is 2.52. The fourth-order valence-electron chi connectivity index (χ4n) is 3.63. The maximum absolute atomic E-state index is 13.3. The number of aromatic nitrogens is 1. The molecule has 5 rings (SSSR count). The topological polar surface area (TPSA) is 86.5 Å². The molecule has 1 atom stereocenters. The normalized spacial score (nSPS) is 18.3. The van der Waals surface area contributed by atoms with Crippen LogP contribution in [-0.4, -0.2) is 17.2 Å². The van der Waals surface area contributed by atoms with Crippen LogP contribution in [-0.2, 0) is 10.2 Å². The molecule has 1 fully saturated rings. The van der Waals surface area contributed by atoms with Crippen LogP contribution in [0.3, 0.4) is 0 Å². The van der Waals surface area contributed by atoms with Gasteiger partial charge in [-0.2, -0.15) is 0 Å². The van der Waals surface area contributed by atoms with Gasteiger partial charge in [0.05, 0.1) is 11.5 Å². The number of hydrogen-bond donors (Lipinski definition) is 2. The third kappa shape index (κ3) is 3.68. The molecule has 0 saturated heterocycles. The molecule has 3 aromatic rings. The predicted molar refractivity (Wildman–Crippen MR) is 112 cm³/mol. The van der Waals surface area contributed by atoms with Gasteiger partial charge in [-0.05, 0) is 48.2 Å². The maximum Gasteiger partial charge on any atom is 0.586 e. The minimum absolute atomic E-state index is 0.0760. The van der Waals surface area contributed by atoms with Crippen LogP contribution in [0.2, 0.25) is 5.02 Å². The molecule has 1 amide bonds. The summed E-state index contributed by atoms with van der Waals surface area (Å²) in [6.07, 6.45) is -1.09. The van der Waals surface area contributed by atoms with Gasteiger partial charge in [-0.25, -0.2) is 9.37 Å². The number of carbonyl (C=O) groups is 1. The molecule has 32 heavy (non-hydrogen) atoms. The van der Waals surface area contributed by atoms with Gasteiger partial charge in [0.1, 0.15) is 5.82 Å². The summed E-state index contributed by atoms with van der Waals surface area (Å²) < 4.78 is 48.8. The standard InChI is InChI=1S/C21H15ClF3N3O3S/c22-13-8-11(23)2-3-12(13)17(26)16-9-27-19(32-16)28-18(29)20(5-6-20)10-1-4-14-15(7-10)31-21(24,25)30-14/h1-4,7-9,17H,5-6,26H2,(H,27,28,29)/t17-/m0/s1. The second kappa shape index (κ2) is 7.36. The van der Waals surface area contributed by atoms with E-state index in [0.29, 0.717) is 34.0 Å². The molecule has 1 saturated carbocycles. The van der Waals surface area contributed by atoms with Crippen molar-refractivity contribution in [3.63, 3.8) is 0 Å². The van der Waals surface area contributed by atoms with E-state index in [9.17, 15) is 18.0 Å². The highest BCUT2D eigenvalue weighted by atomic mass is 35.5. The molecule has 1 aliphatic heterocycles. The Hall–Kier alpha value is -2.82. The van der Waals surface area contributed by atoms with E-state index in [4.69, 9.17) is 17.3 Å². The Labute approximate surface area is 189 Å². The third-order valence-corrected chi connectivity index (χ3v) is 6.81. The van der Waals surface area contributed by atoms with Crippen molar-refractivity contribution in [2.75, 3.05) is 5.32 Å². The predicted octanol–water partition coefficient (Wildman–Crippen LogP) is 4.98. The number of halogens is 4. The Kier molecular flexibility index (Phi) is 4.84. The first-order valence-corrected chi connectivity index (χ1v) is 10.7. The lowest BCUT2D eigenvalue weighted by molar-refractivity contribution is -0.286. The first-order chi connectivity index (χ1) is 15.2. The molecule has 1 aliphatic carbocycles. The number of nitrogens with one attached hydrogen (secondary N) is 1. The van der Waals surface area contributed by atoms with E-state index >= 15 is 0 Å². The van der Waals surface area contributed by atoms with Gasteiger partial charge in [0, 0.05) is 16.1 Å². The summed E-state index contributed by atoms with van der Waals surface area (Å²) in [5, 5.41) is 3.30. The Bertz CT molecular complexity index is 1230. The van der Waals surface area contributed by atoms with Crippen LogP contribution in [0.1, 0.15) is 34.9 Å². The number of fused-ring (bicyclic) bond motifs is 1. The molecule has 1 aromatic heterocycles. The van der Waals surface area contributed by atoms with Crippen molar-refractivity contribution in [3.05, 3.63) is 69.4 Å². The number of thiazole rings is 1. The van der Waals surface area contributed by atoms with E-state index in [-0.39, 0.29) is 22.4 Å². The molecular formula is C21H15ClF3N3O3S. The number of rotatable bonds is 5. The lowest BCUT2D eigenvalue weighted by atomic mass is 9.94. The maximum atomic E-state index is 13.3. The summed E-state index contributed by atoms with van der Waals surface area (Å²) in [6.45, 7) is 0. The highest BCUT2D eigenvalue weighted by Gasteiger charge is 2.53. The second-order valence-corrected chi connectivity index (χ2v) is 9.05. The minimum atomic E-state index is -3.72. The molecule has 0 unspecified atom stereocenters. The van der Waals surface area contributed by atoms with Crippen LogP contribution in [0, 0.1) is 5.82 Å². The van der Waals surface area contributed by atoms with Gasteiger partial charge in [0.15, 0.2) is 16.6 Å². The smallest absolute Gasteiger partial charge is 0.395 e. The molecule has 2 aliphatic rings. The number of hydrogen-bond acceptors (Lipinski definition) is 6. The second-order valence-electron chi connectivity index (χ2n) is 7.58. The van der Waals surface area contributed by atoms with E-state index in [2.05, 4.69) is 19.8 Å². The SMILES string of the molecule is N[C@H](c1cnc(NC(=O)C2(c3ccc4c(c3)OC(F)(F)O4)CC2)s1)c1ccc(F)cc1Cl. The summed E-state index contributed by atoms with van der Waals surface area (Å²) in [7, 11) is 0. The summed E-state index contributed by atoms with van der Waals surface area (Å²) in [4.78, 5) is 17.8. The number of alkyl halides is 2. The summed E-state index contributed by atoms with van der Waals surface area (Å²) in [5.74, 6) is -0.958. The number of ether oxygens (including phenoxy) is 2. The summed E-state index contributed by atoms with van der Waals surface area (Å²) >= 11 is 7.26. The Morgan fingerprint density at radius 2 is 1.94 bits per heavy atom. The first-order valence-electron chi connectivity index (χ1n) is 9.55. The minimum Gasteiger partial charge on any atom is -0.395 e. The van der Waals surface area contributed by atoms with E-state index in [1.807, 2.05) is 0 Å². The molecule has 6 nitrogen and oxygen atoms in total. The lowest BCUT2D eigenvalue weighted by Gasteiger charge is -2.15. The van der Waals surface area contributed by atoms with Crippen LogP contribution < -0.4 is 20.5 Å². The van der Waals surface area contributed by atoms with Crippen LogP contribution in [0.4, 0.5) is 18.3 Å². The van der Waals surface area contributed by atoms with Crippen molar-refractivity contribution in [1.29, 1.82) is 0 Å². The zero-order valence-corrected chi connectivity index (χ0v) is 17.8. The number of amides is 1. The number of nitrogens with zero attached hydrogens (tertiary/aromatic N) is 1. The van der Waals surface area contributed by atoms with Crippen molar-refractivity contribution in [2.45, 2.75) is 30.6 Å². The zero-order chi connectivity index (χ0) is 22.7. The molecule has 3 N–H and O–H groups in total. The Morgan fingerprint density at radius 3 is 2.66 bits per heavy atom. The molecule has 0 radical (unpaired) electrons. The van der Waals surface area contributed by atoms with Gasteiger partial charge in [0.25, 0.3) is 0 Å². The number of nitrogens with two attached hydrogens (primary N) is 1. The quantitative estimate of drug-likeness (QED) is 0.537. The first kappa shape index (κ1) is 21.0. The van der Waals surface area contributed by atoms with E-state index in [0.717, 1.165) is 0 Å². The van der Waals surface area contributed by atoms with Gasteiger partial charge in [-0.15, -0.1) is 8.78 Å². The highest BCUT2D eigenvalue weighted by molar-refractivity contribution is 7.15. The average molecular weight is 482 g/mol. The zero-order valence-electron chi connectivity index (χ0n) is 16.2. The fraction of sp³-hybridized carbons (Fsp3) is 0.238. The molecule has 2 heterocycles. The fourth-order valence-corrected chi connectivity index (χ4v) is 4.75. The van der Waals surface area contributed by atoms with Crippen molar-refractivity contribution in [3.8, 4) is 11.5 Å². The van der Waals surface area contributed by atoms with Gasteiger partial charge < -0.3 is 20.5 Å². The van der Waals surface area contributed by atoms with Crippen LogP contribution in [0.25, 0.3) is 0 Å². The van der Waals surface area contributed by atoms with Crippen LogP contribution in [0.15, 0.2) is 42.6 Å². The summed E-state index contributed by atoms with van der Waals surface area (Å²) in [5.41, 5.74) is 6.47. The number of carbonyl (C=O) groups excluding carboxylic acids is 1. The lowest BCUT2D eigenvalue weighted by Crippen LogP contribution is -2.27. The summed E-state index contributed by atoms with van der Waals surface area (Å²) in [6, 6.07) is 7.66. The monoisotopic (exact) mass is 481 g/mol. The van der Waals surface area contributed by atoms with Gasteiger partial charge in [0.2, 0.25) is 5.91 Å². The largest absolute Gasteiger partial charge is 0.586 e. The van der Waals surface area contributed by atoms with Crippen LogP contribution >= 0.6 is 22.9 Å².